The van der Waals surface area contributed by atoms with Gasteiger partial charge < -0.3 is 9.47 Å². The first-order chi connectivity index (χ1) is 17.1. The summed E-state index contributed by atoms with van der Waals surface area (Å²) in [5, 5.41) is 11.0. The van der Waals surface area contributed by atoms with Crippen LogP contribution >= 0.6 is 27.3 Å². The largest absolute Gasteiger partial charge is 0.496 e. The molecule has 0 bridgehead atoms. The van der Waals surface area contributed by atoms with Gasteiger partial charge in [0, 0.05) is 22.2 Å². The molecule has 0 unspecified atom stereocenters. The average molecular weight is 572 g/mol. The van der Waals surface area contributed by atoms with Crippen LogP contribution in [0, 0.1) is 10.1 Å². The van der Waals surface area contributed by atoms with Crippen LogP contribution in [0.4, 0.5) is 5.69 Å². The number of allylic oxidation sites excluding steroid dienone is 1. The van der Waals surface area contributed by atoms with Gasteiger partial charge >= 0.3 is 5.97 Å². The molecule has 0 saturated carbocycles. The van der Waals surface area contributed by atoms with Crippen molar-refractivity contribution in [3.63, 3.8) is 0 Å². The van der Waals surface area contributed by atoms with Crippen molar-refractivity contribution in [2.24, 2.45) is 4.99 Å². The van der Waals surface area contributed by atoms with E-state index in [0.717, 1.165) is 4.47 Å². The molecule has 0 N–H and O–H groups in total. The number of non-ortho nitro benzene ring substituents is 1. The van der Waals surface area contributed by atoms with Gasteiger partial charge in [-0.2, -0.15) is 0 Å². The highest BCUT2D eigenvalue weighted by molar-refractivity contribution is 9.10. The van der Waals surface area contributed by atoms with Gasteiger partial charge in [-0.05, 0) is 62.7 Å². The third kappa shape index (κ3) is 4.89. The number of hydrogen-bond acceptors (Lipinski definition) is 8. The van der Waals surface area contributed by atoms with Gasteiger partial charge in [0.05, 0.1) is 33.9 Å². The molecule has 1 atom stereocenters. The number of ether oxygens (including phenoxy) is 2. The van der Waals surface area contributed by atoms with Crippen molar-refractivity contribution >= 4 is 45.0 Å². The lowest BCUT2D eigenvalue weighted by Gasteiger charge is -2.26. The average Bonchev–Trinajstić information content (AvgIpc) is 3.12. The Bertz CT molecular complexity index is 1570. The molecule has 36 heavy (non-hydrogen) atoms. The van der Waals surface area contributed by atoms with E-state index in [1.165, 1.54) is 35.1 Å². The number of hydrogen-bond donors (Lipinski definition) is 0. The summed E-state index contributed by atoms with van der Waals surface area (Å²) in [4.78, 5) is 42.4. The maximum atomic E-state index is 13.7. The van der Waals surface area contributed by atoms with Crippen LogP contribution in [0.5, 0.6) is 5.75 Å². The van der Waals surface area contributed by atoms with Crippen LogP contribution in [-0.4, -0.2) is 28.7 Å². The lowest BCUT2D eigenvalue weighted by molar-refractivity contribution is -0.384. The normalized spacial score (nSPS) is 15.5. The molecule has 0 aliphatic carbocycles. The summed E-state index contributed by atoms with van der Waals surface area (Å²) in [5.74, 6) is -0.0689. The second-order valence-electron chi connectivity index (χ2n) is 8.27. The molecule has 0 radical (unpaired) electrons. The van der Waals surface area contributed by atoms with Crippen molar-refractivity contribution in [3.8, 4) is 5.75 Å². The molecular formula is C25H22BrN3O6S. The van der Waals surface area contributed by atoms with Gasteiger partial charge in [-0.15, -0.1) is 0 Å². The number of fused-ring (bicyclic) bond motifs is 1. The molecule has 1 aliphatic heterocycles. The number of halogens is 1. The van der Waals surface area contributed by atoms with Crippen LogP contribution in [0.25, 0.3) is 6.08 Å². The Balaban J connectivity index is 1.96. The van der Waals surface area contributed by atoms with E-state index in [1.54, 1.807) is 51.1 Å². The molecule has 2 aromatic carbocycles. The van der Waals surface area contributed by atoms with Crippen LogP contribution in [0.3, 0.4) is 0 Å². The SMILES string of the molecule is COc1ccc(Br)cc1[C@H]1C(C(=O)OC(C)C)=C(C)N=c2s/c(=C\c3ccc([N+](=O)[O-])cc3)c(=O)n21. The quantitative estimate of drug-likeness (QED) is 0.252. The number of benzene rings is 2. The molecule has 4 rings (SSSR count). The zero-order valence-electron chi connectivity index (χ0n) is 19.9. The maximum Gasteiger partial charge on any atom is 0.338 e. The Hall–Kier alpha value is -3.57. The van der Waals surface area contributed by atoms with Crippen molar-refractivity contribution in [2.75, 3.05) is 7.11 Å². The zero-order valence-corrected chi connectivity index (χ0v) is 22.3. The number of rotatable bonds is 6. The Morgan fingerprint density at radius 3 is 2.56 bits per heavy atom. The molecule has 1 aromatic heterocycles. The minimum Gasteiger partial charge on any atom is -0.496 e. The van der Waals surface area contributed by atoms with Crippen molar-refractivity contribution in [3.05, 3.63) is 99.1 Å². The van der Waals surface area contributed by atoms with Gasteiger partial charge in [0.2, 0.25) is 0 Å². The van der Waals surface area contributed by atoms with Gasteiger partial charge in [-0.25, -0.2) is 9.79 Å². The fourth-order valence-electron chi connectivity index (χ4n) is 3.92. The highest BCUT2D eigenvalue weighted by Crippen LogP contribution is 2.37. The molecule has 9 nitrogen and oxygen atoms in total. The van der Waals surface area contributed by atoms with Crippen LogP contribution in [0.2, 0.25) is 0 Å². The third-order valence-corrected chi connectivity index (χ3v) is 6.95. The lowest BCUT2D eigenvalue weighted by Crippen LogP contribution is -2.40. The minimum absolute atomic E-state index is 0.0423. The first kappa shape index (κ1) is 25.5. The molecule has 11 heteroatoms. The van der Waals surface area contributed by atoms with Gasteiger partial charge in [-0.1, -0.05) is 27.3 Å². The monoisotopic (exact) mass is 571 g/mol. The number of thiazole rings is 1. The zero-order chi connectivity index (χ0) is 26.1. The number of carbonyl (C=O) groups excluding carboxylic acids is 1. The van der Waals surface area contributed by atoms with Gasteiger partial charge in [-0.3, -0.25) is 19.5 Å². The molecule has 3 aromatic rings. The smallest absolute Gasteiger partial charge is 0.338 e. The van der Waals surface area contributed by atoms with Gasteiger partial charge in [0.25, 0.3) is 11.2 Å². The minimum atomic E-state index is -0.834. The molecule has 1 aliphatic rings. The molecule has 2 heterocycles. The summed E-state index contributed by atoms with van der Waals surface area (Å²) >= 11 is 4.65. The second-order valence-corrected chi connectivity index (χ2v) is 10.2. The second kappa shape index (κ2) is 10.2. The number of nitrogens with zero attached hydrogens (tertiary/aromatic N) is 3. The van der Waals surface area contributed by atoms with E-state index in [0.29, 0.717) is 31.9 Å². The molecule has 0 fully saturated rings. The first-order valence-corrected chi connectivity index (χ1v) is 12.5. The number of aromatic nitrogens is 1. The molecule has 0 saturated heterocycles. The third-order valence-electron chi connectivity index (χ3n) is 5.47. The number of carbonyl (C=O) groups is 1. The van der Waals surface area contributed by atoms with Gasteiger partial charge in [0.1, 0.15) is 11.8 Å². The Morgan fingerprint density at radius 2 is 1.94 bits per heavy atom. The van der Waals surface area contributed by atoms with Crippen molar-refractivity contribution in [1.29, 1.82) is 0 Å². The lowest BCUT2D eigenvalue weighted by atomic mass is 9.95. The van der Waals surface area contributed by atoms with Crippen LogP contribution in [-0.2, 0) is 9.53 Å². The van der Waals surface area contributed by atoms with E-state index < -0.39 is 16.9 Å². The van der Waals surface area contributed by atoms with E-state index in [1.807, 2.05) is 6.07 Å². The summed E-state index contributed by atoms with van der Waals surface area (Å²) in [6, 6.07) is 10.4. The molecular weight excluding hydrogens is 550 g/mol. The summed E-state index contributed by atoms with van der Waals surface area (Å²) in [6.45, 7) is 5.21. The predicted octanol–water partition coefficient (Wildman–Crippen LogP) is 3.87. The number of methoxy groups -OCH3 is 1. The van der Waals surface area contributed by atoms with Gasteiger partial charge in [0.15, 0.2) is 4.80 Å². The Labute approximate surface area is 218 Å². The molecule has 186 valence electrons. The summed E-state index contributed by atoms with van der Waals surface area (Å²) < 4.78 is 13.7. The van der Waals surface area contributed by atoms with E-state index in [9.17, 15) is 19.7 Å². The number of nitro benzene ring substituents is 1. The standard InChI is InChI=1S/C25H22BrN3O6S/c1-13(2)35-24(31)21-14(3)27-25-28(22(21)18-12-16(26)7-10-19(18)34-4)23(30)20(36-25)11-15-5-8-17(9-6-15)29(32)33/h5-13,22H,1-4H3/b20-11-/t22-/m0/s1. The van der Waals surface area contributed by atoms with Crippen molar-refractivity contribution in [1.82, 2.24) is 4.57 Å². The van der Waals surface area contributed by atoms with Crippen LogP contribution < -0.4 is 19.6 Å². The summed E-state index contributed by atoms with van der Waals surface area (Å²) in [6.07, 6.45) is 1.28. The highest BCUT2D eigenvalue weighted by Gasteiger charge is 2.35. The summed E-state index contributed by atoms with van der Waals surface area (Å²) in [5.41, 5.74) is 1.51. The topological polar surface area (TPSA) is 113 Å². The highest BCUT2D eigenvalue weighted by atomic mass is 79.9. The van der Waals surface area contributed by atoms with Crippen LogP contribution in [0.15, 0.2) is 68.0 Å². The van der Waals surface area contributed by atoms with E-state index in [2.05, 4.69) is 20.9 Å². The fourth-order valence-corrected chi connectivity index (χ4v) is 5.34. The number of nitro groups is 1. The van der Waals surface area contributed by atoms with E-state index in [-0.39, 0.29) is 22.9 Å². The maximum absolute atomic E-state index is 13.7. The molecule has 0 amide bonds. The van der Waals surface area contributed by atoms with E-state index >= 15 is 0 Å². The van der Waals surface area contributed by atoms with Crippen LogP contribution in [0.1, 0.15) is 37.9 Å². The Morgan fingerprint density at radius 1 is 1.25 bits per heavy atom. The number of esters is 1. The molecule has 0 spiro atoms. The Kier molecular flexibility index (Phi) is 7.23. The van der Waals surface area contributed by atoms with Crippen molar-refractivity contribution in [2.45, 2.75) is 32.9 Å². The van der Waals surface area contributed by atoms with E-state index in [4.69, 9.17) is 9.47 Å². The summed E-state index contributed by atoms with van der Waals surface area (Å²) in [7, 11) is 1.52. The fraction of sp³-hybridized carbons (Fsp3) is 0.240. The van der Waals surface area contributed by atoms with Crippen molar-refractivity contribution < 1.29 is 19.2 Å². The first-order valence-electron chi connectivity index (χ1n) is 10.9. The predicted molar refractivity (Wildman–Crippen MR) is 139 cm³/mol.